The second-order valence-corrected chi connectivity index (χ2v) is 11.3. The number of esters is 1. The number of carbonyl (C=O) groups is 3. The molecule has 1 saturated heterocycles. The van der Waals surface area contributed by atoms with Gasteiger partial charge in [-0.05, 0) is 25.0 Å². The Kier molecular flexibility index (Phi) is 11.4. The molecule has 0 spiro atoms. The minimum atomic E-state index is -1.29. The lowest BCUT2D eigenvalue weighted by molar-refractivity contribution is -0.167. The minimum absolute atomic E-state index is 0.00687. The third kappa shape index (κ3) is 9.32. The molecule has 246 valence electrons. The van der Waals surface area contributed by atoms with Gasteiger partial charge in [-0.1, -0.05) is 60.7 Å². The summed E-state index contributed by atoms with van der Waals surface area (Å²) in [4.78, 5) is 68.8. The maximum absolute atomic E-state index is 13.7. The van der Waals surface area contributed by atoms with Gasteiger partial charge in [0.05, 0.1) is 24.3 Å². The fourth-order valence-electron chi connectivity index (χ4n) is 4.45. The highest BCUT2D eigenvalue weighted by molar-refractivity contribution is 5.85. The summed E-state index contributed by atoms with van der Waals surface area (Å²) in [5.41, 5.74) is 0.409. The average molecular weight is 643 g/mol. The second kappa shape index (κ2) is 15.4. The molecule has 2 amide bonds. The number of nitrogens with zero attached hydrogens (tertiary/aromatic N) is 1. The predicted molar refractivity (Wildman–Crippen MR) is 158 cm³/mol. The number of aromatic nitrogens is 2. The van der Waals surface area contributed by atoms with Crippen molar-refractivity contribution in [3.63, 3.8) is 0 Å². The second-order valence-electron chi connectivity index (χ2n) is 11.3. The molecule has 0 bridgehead atoms. The zero-order valence-corrected chi connectivity index (χ0v) is 25.1. The number of hydroxylamine groups is 1. The number of carbonyl (C=O) groups excluding carboxylic acids is 3. The van der Waals surface area contributed by atoms with Gasteiger partial charge in [0, 0.05) is 12.8 Å². The van der Waals surface area contributed by atoms with Crippen LogP contribution in [0.4, 0.5) is 9.18 Å². The fraction of sp³-hybridized carbons (Fsp3) is 0.387. The van der Waals surface area contributed by atoms with E-state index in [1.54, 1.807) is 36.4 Å². The Morgan fingerprint density at radius 1 is 1.07 bits per heavy atom. The van der Waals surface area contributed by atoms with Crippen molar-refractivity contribution in [2.75, 3.05) is 13.2 Å². The molecule has 0 aliphatic carbocycles. The highest BCUT2D eigenvalue weighted by Crippen LogP contribution is 2.28. The first-order chi connectivity index (χ1) is 21.9. The third-order valence-corrected chi connectivity index (χ3v) is 7.08. The molecule has 4 N–H and O–H groups in total. The first-order valence-corrected chi connectivity index (χ1v) is 14.4. The van der Waals surface area contributed by atoms with Crippen molar-refractivity contribution in [2.45, 2.75) is 57.8 Å². The average Bonchev–Trinajstić information content (AvgIpc) is 3.40. The molecule has 0 radical (unpaired) electrons. The molecule has 0 saturated carbocycles. The molecule has 15 heteroatoms. The van der Waals surface area contributed by atoms with E-state index in [9.17, 15) is 33.5 Å². The molecule has 4 rings (SSSR count). The first kappa shape index (κ1) is 34.0. The van der Waals surface area contributed by atoms with E-state index in [0.29, 0.717) is 6.20 Å². The van der Waals surface area contributed by atoms with Gasteiger partial charge >= 0.3 is 17.8 Å². The molecule has 1 aliphatic rings. The van der Waals surface area contributed by atoms with Crippen LogP contribution in [0.2, 0.25) is 0 Å². The third-order valence-electron chi connectivity index (χ3n) is 7.08. The number of aromatic amines is 1. The molecule has 1 aromatic heterocycles. The Morgan fingerprint density at radius 2 is 1.72 bits per heavy atom. The highest BCUT2D eigenvalue weighted by atomic mass is 19.1. The number of H-pyrrole nitrogens is 1. The number of hydrogen-bond acceptors (Lipinski definition) is 10. The van der Waals surface area contributed by atoms with Crippen molar-refractivity contribution in [1.82, 2.24) is 20.3 Å². The van der Waals surface area contributed by atoms with Gasteiger partial charge in [-0.3, -0.25) is 28.8 Å². The molecule has 1 aliphatic heterocycles. The van der Waals surface area contributed by atoms with Crippen LogP contribution in [-0.2, 0) is 41.7 Å². The standard InChI is InChI=1S/C31H35FN4O10/c1-31(2,28(40)43-17-24-23(37)14-25(46-24)36-15-21(32)26(38)34-29(36)41)18-45-35-27(39)22(13-19-9-5-3-6-10-19)33-30(42)44-16-20-11-7-4-8-12-20/h3-12,15,22-25,37H,13-14,16-18H2,1-2H3,(H,33,42)(H,35,39)(H,34,38,41)/t22-,23-,24+,25+/m0/s1. The number of nitrogens with one attached hydrogen (secondary N) is 3. The Hall–Kier alpha value is -4.86. The van der Waals surface area contributed by atoms with E-state index in [1.165, 1.54) is 13.8 Å². The Morgan fingerprint density at radius 3 is 2.39 bits per heavy atom. The largest absolute Gasteiger partial charge is 0.462 e. The van der Waals surface area contributed by atoms with Crippen molar-refractivity contribution in [1.29, 1.82) is 0 Å². The van der Waals surface area contributed by atoms with Crippen LogP contribution in [0.15, 0.2) is 76.4 Å². The van der Waals surface area contributed by atoms with Crippen LogP contribution in [0, 0.1) is 11.2 Å². The van der Waals surface area contributed by atoms with Crippen molar-refractivity contribution in [2.24, 2.45) is 5.41 Å². The molecular formula is C31H35FN4O10. The zero-order valence-electron chi connectivity index (χ0n) is 25.1. The van der Waals surface area contributed by atoms with Crippen LogP contribution in [0.1, 0.15) is 37.6 Å². The SMILES string of the molecule is CC(C)(CONC(=O)[C@H](Cc1ccccc1)NC(=O)OCc1ccccc1)C(=O)OC[C@H]1O[C@@H](n2cc(F)c(=O)[nH]c2=O)C[C@@H]1O. The number of alkyl carbamates (subject to hydrolysis) is 1. The van der Waals surface area contributed by atoms with Crippen molar-refractivity contribution in [3.8, 4) is 0 Å². The van der Waals surface area contributed by atoms with Crippen molar-refractivity contribution < 1.29 is 42.9 Å². The summed E-state index contributed by atoms with van der Waals surface area (Å²) in [6.45, 7) is 2.28. The van der Waals surface area contributed by atoms with Gasteiger partial charge in [0.1, 0.15) is 31.6 Å². The van der Waals surface area contributed by atoms with Crippen molar-refractivity contribution >= 4 is 18.0 Å². The van der Waals surface area contributed by atoms with Gasteiger partial charge in [0.2, 0.25) is 5.82 Å². The smallest absolute Gasteiger partial charge is 0.408 e. The molecule has 2 aromatic carbocycles. The summed E-state index contributed by atoms with van der Waals surface area (Å²) in [5.74, 6) is -2.64. The predicted octanol–water partition coefficient (Wildman–Crippen LogP) is 1.48. The van der Waals surface area contributed by atoms with E-state index in [0.717, 1.165) is 15.7 Å². The number of aliphatic hydroxyl groups excluding tert-OH is 1. The maximum atomic E-state index is 13.7. The van der Waals surface area contributed by atoms with E-state index >= 15 is 0 Å². The van der Waals surface area contributed by atoms with Gasteiger partial charge in [-0.2, -0.15) is 4.39 Å². The topological polar surface area (TPSA) is 187 Å². The van der Waals surface area contributed by atoms with Gasteiger partial charge in [0.25, 0.3) is 11.5 Å². The van der Waals surface area contributed by atoms with Gasteiger partial charge in [-0.25, -0.2) is 15.1 Å². The Labute approximate surface area is 262 Å². The van der Waals surface area contributed by atoms with Gasteiger partial charge in [-0.15, -0.1) is 0 Å². The van der Waals surface area contributed by atoms with E-state index in [1.807, 2.05) is 29.2 Å². The number of benzene rings is 2. The zero-order chi connectivity index (χ0) is 33.3. The summed E-state index contributed by atoms with van der Waals surface area (Å²) in [6.07, 6.45) is -3.43. The monoisotopic (exact) mass is 642 g/mol. The summed E-state index contributed by atoms with van der Waals surface area (Å²) in [7, 11) is 0. The van der Waals surface area contributed by atoms with Gasteiger partial charge in [0.15, 0.2) is 0 Å². The van der Waals surface area contributed by atoms with Crippen LogP contribution >= 0.6 is 0 Å². The molecule has 14 nitrogen and oxygen atoms in total. The highest BCUT2D eigenvalue weighted by Gasteiger charge is 2.38. The van der Waals surface area contributed by atoms with E-state index in [4.69, 9.17) is 19.0 Å². The summed E-state index contributed by atoms with van der Waals surface area (Å²) in [5, 5.41) is 12.9. The molecule has 1 fully saturated rings. The lowest BCUT2D eigenvalue weighted by Gasteiger charge is -2.24. The normalized spacial score (nSPS) is 18.4. The summed E-state index contributed by atoms with van der Waals surface area (Å²) in [6, 6.07) is 17.0. The quantitative estimate of drug-likeness (QED) is 0.157. The fourth-order valence-corrected chi connectivity index (χ4v) is 4.45. The maximum Gasteiger partial charge on any atom is 0.408 e. The van der Waals surface area contributed by atoms with Crippen LogP contribution < -0.4 is 22.0 Å². The first-order valence-electron chi connectivity index (χ1n) is 14.4. The number of halogens is 1. The molecule has 2 heterocycles. The van der Waals surface area contributed by atoms with E-state index in [2.05, 4.69) is 10.8 Å². The molecule has 0 unspecified atom stereocenters. The number of aliphatic hydroxyl groups is 1. The van der Waals surface area contributed by atoms with E-state index in [-0.39, 0.29) is 26.1 Å². The molecule has 46 heavy (non-hydrogen) atoms. The van der Waals surface area contributed by atoms with E-state index < -0.39 is 71.5 Å². The lowest BCUT2D eigenvalue weighted by Crippen LogP contribution is -2.49. The van der Waals surface area contributed by atoms with Crippen LogP contribution in [0.5, 0.6) is 0 Å². The summed E-state index contributed by atoms with van der Waals surface area (Å²) < 4.78 is 30.6. The molecular weight excluding hydrogens is 607 g/mol. The summed E-state index contributed by atoms with van der Waals surface area (Å²) >= 11 is 0. The lowest BCUT2D eigenvalue weighted by atomic mass is 9.95. The molecule has 4 atom stereocenters. The molecule has 3 aromatic rings. The minimum Gasteiger partial charge on any atom is -0.462 e. The number of hydrogen-bond donors (Lipinski definition) is 4. The van der Waals surface area contributed by atoms with Gasteiger partial charge < -0.3 is 24.6 Å². The number of ether oxygens (including phenoxy) is 3. The number of amides is 2. The van der Waals surface area contributed by atoms with Crippen LogP contribution in [0.25, 0.3) is 0 Å². The Bertz CT molecular complexity index is 1610. The Balaban J connectivity index is 1.27. The van der Waals surface area contributed by atoms with Crippen LogP contribution in [-0.4, -0.2) is 64.1 Å². The van der Waals surface area contributed by atoms with Crippen molar-refractivity contribution in [3.05, 3.63) is 105 Å². The number of rotatable bonds is 13. The van der Waals surface area contributed by atoms with Crippen LogP contribution in [0.3, 0.4) is 0 Å².